The number of nitrogens with two attached hydrogens (primary N) is 1. The number of aryl methyl sites for hydroxylation is 1. The molecule has 0 spiro atoms. The Bertz CT molecular complexity index is 614. The summed E-state index contributed by atoms with van der Waals surface area (Å²) in [6, 6.07) is 14.6. The maximum absolute atomic E-state index is 12.3. The lowest BCUT2D eigenvalue weighted by Crippen LogP contribution is -2.17. The van der Waals surface area contributed by atoms with E-state index in [1.807, 2.05) is 30.3 Å². The van der Waals surface area contributed by atoms with Gasteiger partial charge in [-0.2, -0.15) is 0 Å². The SMILES string of the molecule is NNc1ccccc1C(=O)Nc1cccc(CCCO)c1. The van der Waals surface area contributed by atoms with Crippen molar-refractivity contribution in [3.63, 3.8) is 0 Å². The molecule has 5 nitrogen and oxygen atoms in total. The highest BCUT2D eigenvalue weighted by molar-refractivity contribution is 6.08. The number of anilines is 2. The summed E-state index contributed by atoms with van der Waals surface area (Å²) in [4.78, 5) is 12.3. The fourth-order valence-corrected chi connectivity index (χ4v) is 2.09. The van der Waals surface area contributed by atoms with Gasteiger partial charge in [0.25, 0.3) is 5.91 Å². The Morgan fingerprint density at radius 1 is 1.14 bits per heavy atom. The van der Waals surface area contributed by atoms with Crippen molar-refractivity contribution < 1.29 is 9.90 Å². The van der Waals surface area contributed by atoms with Crippen LogP contribution < -0.4 is 16.6 Å². The third kappa shape index (κ3) is 4.05. The second-order valence-electron chi connectivity index (χ2n) is 4.67. The molecule has 0 saturated heterocycles. The van der Waals surface area contributed by atoms with Crippen LogP contribution in [0.25, 0.3) is 0 Å². The molecule has 0 heterocycles. The topological polar surface area (TPSA) is 87.4 Å². The number of carbonyl (C=O) groups is 1. The molecule has 21 heavy (non-hydrogen) atoms. The molecule has 0 saturated carbocycles. The minimum Gasteiger partial charge on any atom is -0.396 e. The van der Waals surface area contributed by atoms with Crippen LogP contribution in [0.15, 0.2) is 48.5 Å². The number of benzene rings is 2. The van der Waals surface area contributed by atoms with Gasteiger partial charge in [-0.05, 0) is 42.7 Å². The van der Waals surface area contributed by atoms with Crippen molar-refractivity contribution in [1.29, 1.82) is 0 Å². The molecular weight excluding hydrogens is 266 g/mol. The highest BCUT2D eigenvalue weighted by Gasteiger charge is 2.10. The second-order valence-corrected chi connectivity index (χ2v) is 4.67. The van der Waals surface area contributed by atoms with Crippen molar-refractivity contribution in [1.82, 2.24) is 0 Å². The van der Waals surface area contributed by atoms with Gasteiger partial charge >= 0.3 is 0 Å². The van der Waals surface area contributed by atoms with E-state index < -0.39 is 0 Å². The molecule has 0 aromatic heterocycles. The van der Waals surface area contributed by atoms with Crippen LogP contribution in [-0.2, 0) is 6.42 Å². The van der Waals surface area contributed by atoms with E-state index in [1.165, 1.54) is 0 Å². The van der Waals surface area contributed by atoms with Gasteiger partial charge in [0.2, 0.25) is 0 Å². The standard InChI is InChI=1S/C16H19N3O2/c17-19-15-9-2-1-8-14(15)16(21)18-13-7-3-5-12(11-13)6-4-10-20/h1-3,5,7-9,11,19-20H,4,6,10,17H2,(H,18,21). The second kappa shape index (κ2) is 7.42. The fraction of sp³-hybridized carbons (Fsp3) is 0.188. The summed E-state index contributed by atoms with van der Waals surface area (Å²) in [5.74, 6) is 5.19. The lowest BCUT2D eigenvalue weighted by atomic mass is 10.1. The molecule has 2 rings (SSSR count). The van der Waals surface area contributed by atoms with E-state index in [4.69, 9.17) is 10.9 Å². The van der Waals surface area contributed by atoms with E-state index in [1.54, 1.807) is 18.2 Å². The Balaban J connectivity index is 2.12. The first-order valence-electron chi connectivity index (χ1n) is 6.81. The van der Waals surface area contributed by atoms with Crippen LogP contribution in [0.4, 0.5) is 11.4 Å². The van der Waals surface area contributed by atoms with Gasteiger partial charge in [-0.15, -0.1) is 0 Å². The van der Waals surface area contributed by atoms with Gasteiger partial charge in [-0.1, -0.05) is 24.3 Å². The molecule has 0 fully saturated rings. The Morgan fingerprint density at radius 3 is 2.71 bits per heavy atom. The first-order chi connectivity index (χ1) is 10.2. The van der Waals surface area contributed by atoms with Crippen molar-refractivity contribution in [2.75, 3.05) is 17.3 Å². The van der Waals surface area contributed by atoms with Crippen LogP contribution in [0.5, 0.6) is 0 Å². The molecule has 2 aromatic carbocycles. The van der Waals surface area contributed by atoms with Crippen LogP contribution >= 0.6 is 0 Å². The first kappa shape index (κ1) is 15.0. The molecule has 0 aliphatic carbocycles. The Labute approximate surface area is 123 Å². The van der Waals surface area contributed by atoms with E-state index in [0.717, 1.165) is 17.7 Å². The van der Waals surface area contributed by atoms with Crippen LogP contribution in [0.3, 0.4) is 0 Å². The van der Waals surface area contributed by atoms with Gasteiger partial charge in [0.1, 0.15) is 0 Å². The van der Waals surface area contributed by atoms with Crippen molar-refractivity contribution in [3.05, 3.63) is 59.7 Å². The summed E-state index contributed by atoms with van der Waals surface area (Å²) in [6.45, 7) is 0.159. The zero-order valence-electron chi connectivity index (χ0n) is 11.7. The van der Waals surface area contributed by atoms with Crippen LogP contribution in [0.1, 0.15) is 22.3 Å². The van der Waals surface area contributed by atoms with Gasteiger partial charge in [0.05, 0.1) is 11.3 Å². The number of rotatable bonds is 6. The molecule has 5 heteroatoms. The largest absolute Gasteiger partial charge is 0.396 e. The van der Waals surface area contributed by atoms with Crippen LogP contribution in [-0.4, -0.2) is 17.6 Å². The average molecular weight is 285 g/mol. The van der Waals surface area contributed by atoms with Crippen molar-refractivity contribution >= 4 is 17.3 Å². The summed E-state index contributed by atoms with van der Waals surface area (Å²) in [5, 5.41) is 11.7. The lowest BCUT2D eigenvalue weighted by Gasteiger charge is -2.10. The summed E-state index contributed by atoms with van der Waals surface area (Å²) in [7, 11) is 0. The number of hydrazine groups is 1. The van der Waals surface area contributed by atoms with E-state index in [2.05, 4.69) is 10.7 Å². The maximum atomic E-state index is 12.3. The van der Waals surface area contributed by atoms with E-state index in [0.29, 0.717) is 17.7 Å². The number of carbonyl (C=O) groups excluding carboxylic acids is 1. The summed E-state index contributed by atoms with van der Waals surface area (Å²) < 4.78 is 0. The molecule has 5 N–H and O–H groups in total. The van der Waals surface area contributed by atoms with Crippen molar-refractivity contribution in [2.24, 2.45) is 5.84 Å². The number of amides is 1. The number of nitrogens with one attached hydrogen (secondary N) is 2. The van der Waals surface area contributed by atoms with Gasteiger partial charge in [0.15, 0.2) is 0 Å². The Morgan fingerprint density at radius 2 is 1.95 bits per heavy atom. The summed E-state index contributed by atoms with van der Waals surface area (Å²) in [6.07, 6.45) is 1.48. The average Bonchev–Trinajstić information content (AvgIpc) is 2.53. The van der Waals surface area contributed by atoms with E-state index in [-0.39, 0.29) is 12.5 Å². The number of aliphatic hydroxyl groups excluding tert-OH is 1. The third-order valence-electron chi connectivity index (χ3n) is 3.14. The lowest BCUT2D eigenvalue weighted by molar-refractivity contribution is 0.102. The zero-order valence-corrected chi connectivity index (χ0v) is 11.7. The van der Waals surface area contributed by atoms with Crippen LogP contribution in [0, 0.1) is 0 Å². The number of para-hydroxylation sites is 1. The highest BCUT2D eigenvalue weighted by atomic mass is 16.2. The predicted octanol–water partition coefficient (Wildman–Crippen LogP) is 2.15. The van der Waals surface area contributed by atoms with Gasteiger partial charge < -0.3 is 15.8 Å². The molecule has 1 amide bonds. The quantitative estimate of drug-likeness (QED) is 0.484. The molecule has 0 atom stereocenters. The molecule has 0 aliphatic rings. The summed E-state index contributed by atoms with van der Waals surface area (Å²) >= 11 is 0. The molecule has 0 radical (unpaired) electrons. The Hall–Kier alpha value is -2.37. The van der Waals surface area contributed by atoms with E-state index in [9.17, 15) is 4.79 Å². The minimum absolute atomic E-state index is 0.159. The normalized spacial score (nSPS) is 10.2. The number of aliphatic hydroxyl groups is 1. The number of hydrogen-bond donors (Lipinski definition) is 4. The van der Waals surface area contributed by atoms with Gasteiger partial charge in [-0.25, -0.2) is 0 Å². The molecule has 0 unspecified atom stereocenters. The zero-order chi connectivity index (χ0) is 15.1. The molecule has 0 bridgehead atoms. The van der Waals surface area contributed by atoms with Crippen molar-refractivity contribution in [3.8, 4) is 0 Å². The molecule has 2 aromatic rings. The van der Waals surface area contributed by atoms with Crippen LogP contribution in [0.2, 0.25) is 0 Å². The molecular formula is C16H19N3O2. The minimum atomic E-state index is -0.220. The monoisotopic (exact) mass is 285 g/mol. The molecule has 0 aliphatic heterocycles. The Kier molecular flexibility index (Phi) is 5.31. The fourth-order valence-electron chi connectivity index (χ4n) is 2.09. The smallest absolute Gasteiger partial charge is 0.257 e. The maximum Gasteiger partial charge on any atom is 0.257 e. The predicted molar refractivity (Wildman–Crippen MR) is 84.1 cm³/mol. The van der Waals surface area contributed by atoms with Gasteiger partial charge in [-0.3, -0.25) is 10.6 Å². The summed E-state index contributed by atoms with van der Waals surface area (Å²) in [5.41, 5.74) is 5.38. The van der Waals surface area contributed by atoms with Gasteiger partial charge in [0, 0.05) is 12.3 Å². The van der Waals surface area contributed by atoms with Crippen molar-refractivity contribution in [2.45, 2.75) is 12.8 Å². The molecule has 110 valence electrons. The van der Waals surface area contributed by atoms with E-state index >= 15 is 0 Å². The third-order valence-corrected chi connectivity index (χ3v) is 3.14. The number of hydrogen-bond acceptors (Lipinski definition) is 4. The number of nitrogen functional groups attached to an aromatic ring is 1. The first-order valence-corrected chi connectivity index (χ1v) is 6.81. The highest BCUT2D eigenvalue weighted by Crippen LogP contribution is 2.17.